The number of ether oxygens (including phenoxy) is 1. The predicted octanol–water partition coefficient (Wildman–Crippen LogP) is 2.38. The van der Waals surface area contributed by atoms with Gasteiger partial charge in [-0.05, 0) is 31.2 Å². The van der Waals surface area contributed by atoms with Gasteiger partial charge in [-0.25, -0.2) is 0 Å². The highest BCUT2D eigenvalue weighted by Crippen LogP contribution is 2.31. The summed E-state index contributed by atoms with van der Waals surface area (Å²) < 4.78 is 5.62. The lowest BCUT2D eigenvalue weighted by Crippen LogP contribution is -2.29. The van der Waals surface area contributed by atoms with Crippen LogP contribution in [0.3, 0.4) is 0 Å². The molecule has 0 saturated carbocycles. The van der Waals surface area contributed by atoms with Crippen molar-refractivity contribution in [2.45, 2.75) is 13.0 Å². The van der Waals surface area contributed by atoms with Crippen LogP contribution < -0.4 is 15.4 Å². The molecule has 0 spiro atoms. The largest absolute Gasteiger partial charge is 0.489 e. The number of anilines is 1. The van der Waals surface area contributed by atoms with Crippen LogP contribution in [0.2, 0.25) is 0 Å². The summed E-state index contributed by atoms with van der Waals surface area (Å²) in [5, 5.41) is 6.18. The summed E-state index contributed by atoms with van der Waals surface area (Å²) in [5.74, 6) is 0.461. The number of amides is 1. The first-order chi connectivity index (χ1) is 10.3. The summed E-state index contributed by atoms with van der Waals surface area (Å²) in [4.78, 5) is 16.7. The Labute approximate surface area is 123 Å². The van der Waals surface area contributed by atoms with Crippen molar-refractivity contribution in [2.75, 3.05) is 18.5 Å². The van der Waals surface area contributed by atoms with Crippen molar-refractivity contribution in [3.05, 3.63) is 53.9 Å². The molecule has 1 atom stereocenters. The molecule has 1 amide bonds. The minimum atomic E-state index is -0.161. The molecule has 1 aliphatic rings. The third-order valence-corrected chi connectivity index (χ3v) is 3.40. The van der Waals surface area contributed by atoms with Gasteiger partial charge in [0.05, 0.1) is 23.0 Å². The molecule has 0 aliphatic carbocycles. The molecule has 108 valence electrons. The first kappa shape index (κ1) is 13.4. The van der Waals surface area contributed by atoms with Crippen molar-refractivity contribution in [2.24, 2.45) is 0 Å². The van der Waals surface area contributed by atoms with Crippen LogP contribution in [-0.4, -0.2) is 24.0 Å². The topological polar surface area (TPSA) is 63.2 Å². The number of hydrogen-bond donors (Lipinski definition) is 2. The fraction of sp³-hybridized carbons (Fsp3) is 0.250. The lowest BCUT2D eigenvalue weighted by Gasteiger charge is -2.22. The summed E-state index contributed by atoms with van der Waals surface area (Å²) in [6, 6.07) is 11.0. The monoisotopic (exact) mass is 283 g/mol. The highest BCUT2D eigenvalue weighted by molar-refractivity contribution is 5.99. The van der Waals surface area contributed by atoms with Crippen molar-refractivity contribution in [1.29, 1.82) is 0 Å². The first-order valence-electron chi connectivity index (χ1n) is 6.97. The molecule has 3 rings (SSSR count). The van der Waals surface area contributed by atoms with Gasteiger partial charge in [-0.1, -0.05) is 12.1 Å². The molecule has 0 bridgehead atoms. The first-order valence-corrected chi connectivity index (χ1v) is 6.97. The van der Waals surface area contributed by atoms with Crippen LogP contribution in [-0.2, 0) is 0 Å². The Bertz CT molecular complexity index is 643. The average Bonchev–Trinajstić information content (AvgIpc) is 2.55. The van der Waals surface area contributed by atoms with Gasteiger partial charge in [0, 0.05) is 12.7 Å². The van der Waals surface area contributed by atoms with Gasteiger partial charge in [0.1, 0.15) is 6.61 Å². The fourth-order valence-electron chi connectivity index (χ4n) is 2.33. The molecular weight excluding hydrogens is 266 g/mol. The summed E-state index contributed by atoms with van der Waals surface area (Å²) in [5.41, 5.74) is 2.23. The molecule has 1 aromatic carbocycles. The summed E-state index contributed by atoms with van der Waals surface area (Å²) in [6.07, 6.45) is 1.72. The van der Waals surface area contributed by atoms with Crippen LogP contribution in [0, 0.1) is 0 Å². The third-order valence-electron chi connectivity index (χ3n) is 3.40. The number of benzene rings is 1. The molecule has 2 heterocycles. The van der Waals surface area contributed by atoms with E-state index in [4.69, 9.17) is 4.74 Å². The van der Waals surface area contributed by atoms with Crippen molar-refractivity contribution in [1.82, 2.24) is 10.3 Å². The Kier molecular flexibility index (Phi) is 3.73. The van der Waals surface area contributed by atoms with E-state index in [1.54, 1.807) is 12.3 Å². The van der Waals surface area contributed by atoms with Crippen LogP contribution in [0.15, 0.2) is 42.6 Å². The number of aromatic nitrogens is 1. The van der Waals surface area contributed by atoms with Crippen LogP contribution in [0.25, 0.3) is 0 Å². The van der Waals surface area contributed by atoms with E-state index in [1.165, 1.54) is 0 Å². The Morgan fingerprint density at radius 1 is 1.33 bits per heavy atom. The predicted molar refractivity (Wildman–Crippen MR) is 80.5 cm³/mol. The molecule has 1 aliphatic heterocycles. The number of nitrogens with zero attached hydrogens (tertiary/aromatic N) is 1. The Morgan fingerprint density at radius 3 is 3.05 bits per heavy atom. The average molecular weight is 283 g/mol. The van der Waals surface area contributed by atoms with Crippen molar-refractivity contribution in [3.63, 3.8) is 0 Å². The highest BCUT2D eigenvalue weighted by Gasteiger charge is 2.20. The van der Waals surface area contributed by atoms with Gasteiger partial charge in [-0.3, -0.25) is 9.78 Å². The van der Waals surface area contributed by atoms with Crippen LogP contribution >= 0.6 is 0 Å². The molecule has 21 heavy (non-hydrogen) atoms. The Morgan fingerprint density at radius 2 is 2.24 bits per heavy atom. The number of carbonyl (C=O) groups is 1. The SMILES string of the molecule is C[C@@H](NC(=O)c1cccc2c1OCCN2)c1ccccn1. The van der Waals surface area contributed by atoms with E-state index >= 15 is 0 Å². The number of fused-ring (bicyclic) bond motifs is 1. The van der Waals surface area contributed by atoms with E-state index < -0.39 is 0 Å². The van der Waals surface area contributed by atoms with E-state index in [0.29, 0.717) is 17.9 Å². The maximum absolute atomic E-state index is 12.5. The molecule has 5 nitrogen and oxygen atoms in total. The molecule has 0 fully saturated rings. The maximum Gasteiger partial charge on any atom is 0.255 e. The van der Waals surface area contributed by atoms with Gasteiger partial charge >= 0.3 is 0 Å². The minimum Gasteiger partial charge on any atom is -0.489 e. The smallest absolute Gasteiger partial charge is 0.255 e. The summed E-state index contributed by atoms with van der Waals surface area (Å²) >= 11 is 0. The van der Waals surface area contributed by atoms with E-state index in [9.17, 15) is 4.79 Å². The molecule has 5 heteroatoms. The maximum atomic E-state index is 12.5. The van der Waals surface area contributed by atoms with E-state index in [0.717, 1.165) is 17.9 Å². The molecule has 1 aromatic heterocycles. The molecule has 2 N–H and O–H groups in total. The van der Waals surface area contributed by atoms with Gasteiger partial charge < -0.3 is 15.4 Å². The second-order valence-electron chi connectivity index (χ2n) is 4.91. The van der Waals surface area contributed by atoms with E-state index in [1.807, 2.05) is 37.3 Å². The van der Waals surface area contributed by atoms with Gasteiger partial charge in [0.2, 0.25) is 0 Å². The fourth-order valence-corrected chi connectivity index (χ4v) is 2.33. The number of pyridine rings is 1. The lowest BCUT2D eigenvalue weighted by molar-refractivity contribution is 0.0935. The standard InChI is InChI=1S/C16H17N3O2/c1-11(13-6-2-3-8-17-13)19-16(20)12-5-4-7-14-15(12)21-10-9-18-14/h2-8,11,18H,9-10H2,1H3,(H,19,20)/t11-/m1/s1. The number of para-hydroxylation sites is 1. The van der Waals surface area contributed by atoms with Crippen molar-refractivity contribution in [3.8, 4) is 5.75 Å². The van der Waals surface area contributed by atoms with Crippen LogP contribution in [0.5, 0.6) is 5.75 Å². The second kappa shape index (κ2) is 5.83. The number of rotatable bonds is 3. The number of carbonyl (C=O) groups excluding carboxylic acids is 1. The van der Waals surface area contributed by atoms with Gasteiger partial charge in [-0.2, -0.15) is 0 Å². The van der Waals surface area contributed by atoms with E-state index in [2.05, 4.69) is 15.6 Å². The Hall–Kier alpha value is -2.56. The highest BCUT2D eigenvalue weighted by atomic mass is 16.5. The van der Waals surface area contributed by atoms with Crippen LogP contribution in [0.1, 0.15) is 29.0 Å². The lowest BCUT2D eigenvalue weighted by atomic mass is 10.1. The zero-order chi connectivity index (χ0) is 14.7. The van der Waals surface area contributed by atoms with Gasteiger partial charge in [0.15, 0.2) is 5.75 Å². The van der Waals surface area contributed by atoms with Crippen LogP contribution in [0.4, 0.5) is 5.69 Å². The summed E-state index contributed by atoms with van der Waals surface area (Å²) in [7, 11) is 0. The summed E-state index contributed by atoms with van der Waals surface area (Å²) in [6.45, 7) is 3.23. The van der Waals surface area contributed by atoms with Crippen molar-refractivity contribution < 1.29 is 9.53 Å². The zero-order valence-electron chi connectivity index (χ0n) is 11.8. The number of hydrogen-bond acceptors (Lipinski definition) is 4. The molecule has 0 unspecified atom stereocenters. The van der Waals surface area contributed by atoms with E-state index in [-0.39, 0.29) is 11.9 Å². The second-order valence-corrected chi connectivity index (χ2v) is 4.91. The zero-order valence-corrected chi connectivity index (χ0v) is 11.8. The molecule has 0 radical (unpaired) electrons. The molecule has 2 aromatic rings. The normalized spacial score (nSPS) is 14.3. The molecule has 0 saturated heterocycles. The third kappa shape index (κ3) is 2.81. The number of nitrogens with one attached hydrogen (secondary N) is 2. The van der Waals surface area contributed by atoms with Crippen molar-refractivity contribution >= 4 is 11.6 Å². The molecular formula is C16H17N3O2. The van der Waals surface area contributed by atoms with Gasteiger partial charge in [0.25, 0.3) is 5.91 Å². The Balaban J connectivity index is 1.80. The quantitative estimate of drug-likeness (QED) is 0.908. The minimum absolute atomic E-state index is 0.159. The van der Waals surface area contributed by atoms with Gasteiger partial charge in [-0.15, -0.1) is 0 Å².